The van der Waals surface area contributed by atoms with Crippen LogP contribution in [0.3, 0.4) is 0 Å². The van der Waals surface area contributed by atoms with E-state index < -0.39 is 0 Å². The Bertz CT molecular complexity index is 587. The van der Waals surface area contributed by atoms with Crippen molar-refractivity contribution >= 4 is 11.4 Å². The molecule has 90 valence electrons. The van der Waals surface area contributed by atoms with Gasteiger partial charge in [-0.1, -0.05) is 12.1 Å². The van der Waals surface area contributed by atoms with E-state index in [1.165, 1.54) is 0 Å². The summed E-state index contributed by atoms with van der Waals surface area (Å²) in [6.45, 7) is 0. The van der Waals surface area contributed by atoms with Crippen LogP contribution in [0.4, 0.5) is 11.4 Å². The summed E-state index contributed by atoms with van der Waals surface area (Å²) < 4.78 is 5.21. The molecule has 0 amide bonds. The molecule has 0 radical (unpaired) electrons. The molecule has 18 heavy (non-hydrogen) atoms. The van der Waals surface area contributed by atoms with Crippen LogP contribution in [0.5, 0.6) is 5.75 Å². The van der Waals surface area contributed by atoms with Crippen molar-refractivity contribution in [2.75, 3.05) is 19.1 Å². The Morgan fingerprint density at radius 2 is 1.72 bits per heavy atom. The molecule has 2 aromatic carbocycles. The predicted octanol–water partition coefficient (Wildman–Crippen LogP) is 3.33. The van der Waals surface area contributed by atoms with E-state index in [1.54, 1.807) is 13.2 Å². The number of benzene rings is 2. The Morgan fingerprint density at radius 1 is 1.06 bits per heavy atom. The third-order valence-corrected chi connectivity index (χ3v) is 2.80. The van der Waals surface area contributed by atoms with E-state index in [0.717, 1.165) is 17.1 Å². The van der Waals surface area contributed by atoms with Crippen molar-refractivity contribution in [3.8, 4) is 11.8 Å². The van der Waals surface area contributed by atoms with Gasteiger partial charge in [0.15, 0.2) is 0 Å². The van der Waals surface area contributed by atoms with Crippen LogP contribution in [-0.4, -0.2) is 14.2 Å². The van der Waals surface area contributed by atoms with Gasteiger partial charge in [0.2, 0.25) is 0 Å². The Hall–Kier alpha value is -2.47. The number of anilines is 2. The molecule has 0 spiro atoms. The lowest BCUT2D eigenvalue weighted by atomic mass is 10.2. The third-order valence-electron chi connectivity index (χ3n) is 2.80. The highest BCUT2D eigenvalue weighted by atomic mass is 16.5. The minimum Gasteiger partial charge on any atom is -0.497 e. The van der Waals surface area contributed by atoms with Gasteiger partial charge in [0, 0.05) is 24.5 Å². The first-order valence-corrected chi connectivity index (χ1v) is 5.62. The van der Waals surface area contributed by atoms with Gasteiger partial charge >= 0.3 is 0 Å². The van der Waals surface area contributed by atoms with Crippen LogP contribution in [0.25, 0.3) is 0 Å². The van der Waals surface area contributed by atoms with Gasteiger partial charge in [-0.2, -0.15) is 5.26 Å². The lowest BCUT2D eigenvalue weighted by Crippen LogP contribution is -2.09. The minimum absolute atomic E-state index is 0.655. The maximum absolute atomic E-state index is 8.91. The number of ether oxygens (including phenoxy) is 1. The second kappa shape index (κ2) is 5.24. The maximum atomic E-state index is 8.91. The zero-order valence-electron chi connectivity index (χ0n) is 10.4. The van der Waals surface area contributed by atoms with Crippen molar-refractivity contribution in [1.82, 2.24) is 0 Å². The van der Waals surface area contributed by atoms with E-state index in [1.807, 2.05) is 54.4 Å². The fourth-order valence-electron chi connectivity index (χ4n) is 1.75. The van der Waals surface area contributed by atoms with Crippen molar-refractivity contribution in [3.05, 3.63) is 54.1 Å². The topological polar surface area (TPSA) is 36.3 Å². The summed E-state index contributed by atoms with van der Waals surface area (Å²) in [4.78, 5) is 2.02. The van der Waals surface area contributed by atoms with Gasteiger partial charge in [-0.3, -0.25) is 0 Å². The summed E-state index contributed by atoms with van der Waals surface area (Å²) in [5.41, 5.74) is 2.65. The number of rotatable bonds is 3. The van der Waals surface area contributed by atoms with Gasteiger partial charge in [-0.05, 0) is 30.3 Å². The van der Waals surface area contributed by atoms with E-state index in [4.69, 9.17) is 10.00 Å². The molecule has 0 bridgehead atoms. The predicted molar refractivity (Wildman–Crippen MR) is 72.2 cm³/mol. The van der Waals surface area contributed by atoms with Crippen LogP contribution in [-0.2, 0) is 0 Å². The van der Waals surface area contributed by atoms with Crippen LogP contribution in [0, 0.1) is 11.3 Å². The Kier molecular flexibility index (Phi) is 3.49. The molecule has 0 N–H and O–H groups in total. The lowest BCUT2D eigenvalue weighted by molar-refractivity contribution is 0.415. The molecule has 0 heterocycles. The van der Waals surface area contributed by atoms with Crippen LogP contribution >= 0.6 is 0 Å². The fourth-order valence-corrected chi connectivity index (χ4v) is 1.75. The molecule has 0 aliphatic carbocycles. The lowest BCUT2D eigenvalue weighted by Gasteiger charge is -2.20. The first-order valence-electron chi connectivity index (χ1n) is 5.62. The molecule has 0 aliphatic heterocycles. The standard InChI is InChI=1S/C15H14N2O/c1-17(13-6-3-5-12(9-13)11-16)14-7-4-8-15(10-14)18-2/h3-10H,1-2H3. The van der Waals surface area contributed by atoms with Crippen LogP contribution < -0.4 is 9.64 Å². The second-order valence-corrected chi connectivity index (χ2v) is 3.92. The highest BCUT2D eigenvalue weighted by Gasteiger charge is 2.05. The zero-order chi connectivity index (χ0) is 13.0. The first-order chi connectivity index (χ1) is 8.74. The van der Waals surface area contributed by atoms with E-state index in [2.05, 4.69) is 6.07 Å². The monoisotopic (exact) mass is 238 g/mol. The molecule has 0 fully saturated rings. The molecule has 0 atom stereocenters. The van der Waals surface area contributed by atoms with Crippen molar-refractivity contribution in [1.29, 1.82) is 5.26 Å². The van der Waals surface area contributed by atoms with Gasteiger partial charge < -0.3 is 9.64 Å². The van der Waals surface area contributed by atoms with E-state index in [9.17, 15) is 0 Å². The summed E-state index contributed by atoms with van der Waals surface area (Å²) in [6, 6.07) is 17.5. The van der Waals surface area contributed by atoms with E-state index in [0.29, 0.717) is 5.56 Å². The molecule has 2 aromatic rings. The molecule has 0 saturated carbocycles. The number of hydrogen-bond acceptors (Lipinski definition) is 3. The molecule has 2 rings (SSSR count). The van der Waals surface area contributed by atoms with E-state index >= 15 is 0 Å². The Balaban J connectivity index is 2.35. The Morgan fingerprint density at radius 3 is 2.39 bits per heavy atom. The molecule has 3 heteroatoms. The van der Waals surface area contributed by atoms with Gasteiger partial charge in [-0.25, -0.2) is 0 Å². The largest absolute Gasteiger partial charge is 0.497 e. The second-order valence-electron chi connectivity index (χ2n) is 3.92. The highest BCUT2D eigenvalue weighted by Crippen LogP contribution is 2.27. The summed E-state index contributed by atoms with van der Waals surface area (Å²) in [5.74, 6) is 0.816. The van der Waals surface area contributed by atoms with Gasteiger partial charge in [0.1, 0.15) is 5.75 Å². The summed E-state index contributed by atoms with van der Waals surface area (Å²) >= 11 is 0. The number of nitrogens with zero attached hydrogens (tertiary/aromatic N) is 2. The molecular weight excluding hydrogens is 224 g/mol. The van der Waals surface area contributed by atoms with Gasteiger partial charge in [-0.15, -0.1) is 0 Å². The summed E-state index contributed by atoms with van der Waals surface area (Å²) in [6.07, 6.45) is 0. The highest BCUT2D eigenvalue weighted by molar-refractivity contribution is 5.65. The van der Waals surface area contributed by atoms with Crippen molar-refractivity contribution in [2.45, 2.75) is 0 Å². The molecule has 0 unspecified atom stereocenters. The quantitative estimate of drug-likeness (QED) is 0.822. The van der Waals surface area contributed by atoms with Crippen molar-refractivity contribution < 1.29 is 4.74 Å². The minimum atomic E-state index is 0.655. The molecule has 0 aromatic heterocycles. The average molecular weight is 238 g/mol. The number of methoxy groups -OCH3 is 1. The van der Waals surface area contributed by atoms with Crippen LogP contribution in [0.15, 0.2) is 48.5 Å². The van der Waals surface area contributed by atoms with Crippen molar-refractivity contribution in [2.24, 2.45) is 0 Å². The normalized spacial score (nSPS) is 9.61. The molecule has 3 nitrogen and oxygen atoms in total. The van der Waals surface area contributed by atoms with Gasteiger partial charge in [0.05, 0.1) is 18.7 Å². The zero-order valence-corrected chi connectivity index (χ0v) is 10.4. The molecule has 0 aliphatic rings. The van der Waals surface area contributed by atoms with Crippen LogP contribution in [0.1, 0.15) is 5.56 Å². The van der Waals surface area contributed by atoms with Crippen molar-refractivity contribution in [3.63, 3.8) is 0 Å². The number of nitriles is 1. The Labute approximate surface area is 107 Å². The van der Waals surface area contributed by atoms with E-state index in [-0.39, 0.29) is 0 Å². The maximum Gasteiger partial charge on any atom is 0.120 e. The molecule has 0 saturated heterocycles. The third kappa shape index (κ3) is 2.44. The summed E-state index contributed by atoms with van der Waals surface area (Å²) in [5, 5.41) is 8.91. The average Bonchev–Trinajstić information content (AvgIpc) is 2.46. The SMILES string of the molecule is COc1cccc(N(C)c2cccc(C#N)c2)c1. The van der Waals surface area contributed by atoms with Crippen LogP contribution in [0.2, 0.25) is 0 Å². The first kappa shape index (κ1) is 12.0. The summed E-state index contributed by atoms with van der Waals surface area (Å²) in [7, 11) is 3.61. The number of hydrogen-bond donors (Lipinski definition) is 0. The smallest absolute Gasteiger partial charge is 0.120 e. The van der Waals surface area contributed by atoms with Gasteiger partial charge in [0.25, 0.3) is 0 Å². The molecular formula is C15H14N2O. The fraction of sp³-hybridized carbons (Fsp3) is 0.133.